The van der Waals surface area contributed by atoms with Gasteiger partial charge >= 0.3 is 5.97 Å². The van der Waals surface area contributed by atoms with Gasteiger partial charge in [0.05, 0.1) is 16.2 Å². The number of fused-ring (bicyclic) bond motifs is 1. The average molecular weight is 484 g/mol. The predicted octanol–water partition coefficient (Wildman–Crippen LogP) is 3.31. The van der Waals surface area contributed by atoms with Crippen molar-refractivity contribution in [2.75, 3.05) is 43.9 Å². The first kappa shape index (κ1) is 23.3. The molecule has 0 saturated carbocycles. The van der Waals surface area contributed by atoms with Crippen molar-refractivity contribution < 1.29 is 17.9 Å². The highest BCUT2D eigenvalue weighted by Gasteiger charge is 2.41. The zero-order valence-electron chi connectivity index (χ0n) is 20.3. The maximum Gasteiger partial charge on any atom is 0.338 e. The monoisotopic (exact) mass is 483 g/mol. The summed E-state index contributed by atoms with van der Waals surface area (Å²) in [5.74, 6) is 0.687. The van der Waals surface area contributed by atoms with Crippen molar-refractivity contribution >= 4 is 21.6 Å². The normalized spacial score (nSPS) is 20.1. The van der Waals surface area contributed by atoms with Crippen molar-refractivity contribution in [3.63, 3.8) is 0 Å². The Bertz CT molecular complexity index is 1230. The van der Waals surface area contributed by atoms with Gasteiger partial charge in [0.1, 0.15) is 12.4 Å². The number of nitrogens with zero attached hydrogens (tertiary/aromatic N) is 3. The van der Waals surface area contributed by atoms with E-state index in [2.05, 4.69) is 27.8 Å². The van der Waals surface area contributed by atoms with E-state index in [1.54, 1.807) is 13.0 Å². The van der Waals surface area contributed by atoms with Gasteiger partial charge in [0.25, 0.3) is 0 Å². The van der Waals surface area contributed by atoms with Gasteiger partial charge in [0.15, 0.2) is 9.84 Å². The summed E-state index contributed by atoms with van der Waals surface area (Å²) in [7, 11) is -3.25. The summed E-state index contributed by atoms with van der Waals surface area (Å²) in [5, 5.41) is 0. The number of anilines is 1. The number of benzene rings is 1. The zero-order valence-corrected chi connectivity index (χ0v) is 21.1. The van der Waals surface area contributed by atoms with Crippen molar-refractivity contribution in [2.45, 2.75) is 51.0 Å². The molecule has 1 aromatic carbocycles. The number of esters is 1. The van der Waals surface area contributed by atoms with E-state index < -0.39 is 9.84 Å². The third-order valence-corrected chi connectivity index (χ3v) is 9.31. The highest BCUT2D eigenvalue weighted by Crippen LogP contribution is 2.41. The number of hydrogen-bond donors (Lipinski definition) is 0. The minimum absolute atomic E-state index is 0.201. The fourth-order valence-electron chi connectivity index (χ4n) is 5.84. The van der Waals surface area contributed by atoms with E-state index >= 15 is 0 Å². The number of likely N-dealkylation sites (tertiary alicyclic amines) is 1. The second-order valence-electron chi connectivity index (χ2n) is 10.2. The molecule has 8 heteroatoms. The molecule has 0 radical (unpaired) electrons. The molecule has 2 fully saturated rings. The maximum absolute atomic E-state index is 11.9. The molecular weight excluding hydrogens is 450 g/mol. The molecule has 2 saturated heterocycles. The van der Waals surface area contributed by atoms with Crippen LogP contribution in [-0.4, -0.2) is 63.3 Å². The number of aryl methyl sites for hydroxylation is 1. The minimum Gasteiger partial charge on any atom is -0.457 e. The molecule has 3 aliphatic rings. The van der Waals surface area contributed by atoms with Crippen molar-refractivity contribution in [1.29, 1.82) is 0 Å². The van der Waals surface area contributed by atoms with E-state index in [-0.39, 0.29) is 5.97 Å². The van der Waals surface area contributed by atoms with Crippen LogP contribution < -0.4 is 4.90 Å². The molecule has 7 nitrogen and oxygen atoms in total. The van der Waals surface area contributed by atoms with Gasteiger partial charge in [0, 0.05) is 31.5 Å². The lowest BCUT2D eigenvalue weighted by molar-refractivity contribution is 0.0535. The number of pyridine rings is 1. The van der Waals surface area contributed by atoms with Crippen LogP contribution in [0.1, 0.15) is 52.0 Å². The number of rotatable bonds is 5. The molecule has 3 aliphatic heterocycles. The lowest BCUT2D eigenvalue weighted by Gasteiger charge is -2.39. The fourth-order valence-corrected chi connectivity index (χ4v) is 6.74. The first-order valence-corrected chi connectivity index (χ1v) is 14.0. The second-order valence-corrected chi connectivity index (χ2v) is 12.2. The van der Waals surface area contributed by atoms with Gasteiger partial charge in [-0.25, -0.2) is 18.2 Å². The number of hydrogen-bond acceptors (Lipinski definition) is 7. The Labute approximate surface area is 202 Å². The van der Waals surface area contributed by atoms with E-state index in [4.69, 9.17) is 4.74 Å². The topological polar surface area (TPSA) is 79.8 Å². The first-order chi connectivity index (χ1) is 16.2. The summed E-state index contributed by atoms with van der Waals surface area (Å²) in [5.41, 5.74) is 5.19. The van der Waals surface area contributed by atoms with Crippen LogP contribution in [0.5, 0.6) is 0 Å². The largest absolute Gasteiger partial charge is 0.457 e. The number of ether oxygens (including phenoxy) is 1. The Morgan fingerprint density at radius 3 is 2.50 bits per heavy atom. The molecule has 182 valence electrons. The van der Waals surface area contributed by atoms with Crippen molar-refractivity contribution in [2.24, 2.45) is 5.41 Å². The molecule has 0 amide bonds. The molecule has 34 heavy (non-hydrogen) atoms. The third kappa shape index (κ3) is 4.33. The second kappa shape index (κ2) is 8.64. The zero-order chi connectivity index (χ0) is 24.1. The molecule has 2 aromatic rings. The van der Waals surface area contributed by atoms with E-state index in [9.17, 15) is 13.2 Å². The lowest BCUT2D eigenvalue weighted by atomic mass is 9.77. The molecule has 1 aromatic heterocycles. The van der Waals surface area contributed by atoms with Crippen LogP contribution in [-0.2, 0) is 27.6 Å². The predicted molar refractivity (Wildman–Crippen MR) is 131 cm³/mol. The lowest BCUT2D eigenvalue weighted by Crippen LogP contribution is -2.42. The van der Waals surface area contributed by atoms with E-state index in [0.29, 0.717) is 22.6 Å². The molecule has 0 unspecified atom stereocenters. The third-order valence-electron chi connectivity index (χ3n) is 8.08. The van der Waals surface area contributed by atoms with Crippen molar-refractivity contribution in [1.82, 2.24) is 9.88 Å². The maximum atomic E-state index is 11.9. The minimum atomic E-state index is -3.25. The number of piperidine rings is 1. The van der Waals surface area contributed by atoms with E-state index in [0.717, 1.165) is 62.5 Å². The first-order valence-electron chi connectivity index (χ1n) is 12.1. The number of sulfone groups is 1. The van der Waals surface area contributed by atoms with Gasteiger partial charge in [-0.1, -0.05) is 6.07 Å². The fraction of sp³-hybridized carbons (Fsp3) is 0.538. The summed E-state index contributed by atoms with van der Waals surface area (Å²) in [6.07, 6.45) is 5.73. The molecule has 0 aliphatic carbocycles. The van der Waals surface area contributed by atoms with Crippen LogP contribution in [0.3, 0.4) is 0 Å². The van der Waals surface area contributed by atoms with Crippen LogP contribution in [0.4, 0.5) is 5.82 Å². The van der Waals surface area contributed by atoms with Gasteiger partial charge in [-0.2, -0.15) is 0 Å². The van der Waals surface area contributed by atoms with Crippen LogP contribution in [0.2, 0.25) is 0 Å². The number of carbonyl (C=O) groups is 1. The molecule has 0 N–H and O–H groups in total. The summed E-state index contributed by atoms with van der Waals surface area (Å²) in [4.78, 5) is 21.6. The number of cyclic esters (lactones) is 1. The summed E-state index contributed by atoms with van der Waals surface area (Å²) >= 11 is 0. The van der Waals surface area contributed by atoms with Crippen molar-refractivity contribution in [3.8, 4) is 0 Å². The molecule has 5 rings (SSSR count). The Morgan fingerprint density at radius 1 is 1.06 bits per heavy atom. The van der Waals surface area contributed by atoms with Crippen LogP contribution >= 0.6 is 0 Å². The van der Waals surface area contributed by atoms with Gasteiger partial charge in [-0.15, -0.1) is 0 Å². The van der Waals surface area contributed by atoms with Gasteiger partial charge < -0.3 is 14.5 Å². The standard InChI is InChI=1S/C26H33N3O4S/c1-18-20(4-5-21-22(18)16-33-25(21)30)8-12-28-13-9-26(10-14-28)11-15-29(17-26)24-7-6-23(19(2)27-24)34(3,31)32/h4-7H,8-17H2,1-3H3. The molecule has 0 bridgehead atoms. The van der Waals surface area contributed by atoms with Crippen LogP contribution in [0.15, 0.2) is 29.2 Å². The van der Waals surface area contributed by atoms with Gasteiger partial charge in [-0.05, 0) is 87.4 Å². The Morgan fingerprint density at radius 2 is 1.79 bits per heavy atom. The van der Waals surface area contributed by atoms with Gasteiger partial charge in [-0.3, -0.25) is 0 Å². The molecule has 0 atom stereocenters. The highest BCUT2D eigenvalue weighted by molar-refractivity contribution is 7.90. The average Bonchev–Trinajstić information content (AvgIpc) is 3.38. The molecular formula is C26H33N3O4S. The smallest absolute Gasteiger partial charge is 0.338 e. The highest BCUT2D eigenvalue weighted by atomic mass is 32.2. The summed E-state index contributed by atoms with van der Waals surface area (Å²) < 4.78 is 29.0. The molecule has 4 heterocycles. The Balaban J connectivity index is 1.17. The summed E-state index contributed by atoms with van der Waals surface area (Å²) in [6.45, 7) is 9.47. The number of carbonyl (C=O) groups excluding carboxylic acids is 1. The quantitative estimate of drug-likeness (QED) is 0.604. The van der Waals surface area contributed by atoms with Gasteiger partial charge in [0.2, 0.25) is 0 Å². The SMILES string of the molecule is Cc1nc(N2CCC3(CCN(CCc4ccc5c(c4C)COC5=O)CC3)C2)ccc1S(C)(=O)=O. The van der Waals surface area contributed by atoms with Crippen molar-refractivity contribution in [3.05, 3.63) is 52.2 Å². The Hall–Kier alpha value is -2.45. The number of aromatic nitrogens is 1. The summed E-state index contributed by atoms with van der Waals surface area (Å²) in [6, 6.07) is 7.56. The van der Waals surface area contributed by atoms with E-state index in [1.165, 1.54) is 30.2 Å². The van der Waals surface area contributed by atoms with Crippen LogP contribution in [0.25, 0.3) is 0 Å². The van der Waals surface area contributed by atoms with E-state index in [1.807, 2.05) is 12.1 Å². The Kier molecular flexibility index (Phi) is 5.92. The molecule has 1 spiro atoms. The van der Waals surface area contributed by atoms with Crippen LogP contribution in [0, 0.1) is 19.3 Å².